The first-order chi connectivity index (χ1) is 13.2. The summed E-state index contributed by atoms with van der Waals surface area (Å²) in [5, 5.41) is 7.27. The Hall–Kier alpha value is -3.39. The number of nitrogens with zero attached hydrogens (tertiary/aromatic N) is 4. The lowest BCUT2D eigenvalue weighted by Crippen LogP contribution is -2.11. The molecule has 2 aromatic carbocycles. The first-order valence-electron chi connectivity index (χ1n) is 8.16. The van der Waals surface area contributed by atoms with Gasteiger partial charge in [-0.25, -0.2) is 19.0 Å². The Morgan fingerprint density at radius 3 is 2.63 bits per heavy atom. The molecule has 8 heteroatoms. The van der Waals surface area contributed by atoms with Crippen molar-refractivity contribution in [2.45, 2.75) is 6.67 Å². The lowest BCUT2D eigenvalue weighted by molar-refractivity contribution is 0.518. The largest absolute Gasteiger partial charge is 0.409 e. The molecule has 134 valence electrons. The number of anilines is 1. The normalized spacial score (nSPS) is 10.7. The molecular formula is C19H14FN5OS. The molecule has 2 aromatic heterocycles. The molecular weight excluding hydrogens is 365 g/mol. The summed E-state index contributed by atoms with van der Waals surface area (Å²) in [5.74, 6) is 0.125. The molecule has 0 unspecified atom stereocenters. The molecule has 1 N–H and O–H groups in total. The fourth-order valence-corrected chi connectivity index (χ4v) is 2.69. The topological polar surface area (TPSA) is 68.8 Å². The van der Waals surface area contributed by atoms with Gasteiger partial charge in [0.1, 0.15) is 12.5 Å². The summed E-state index contributed by atoms with van der Waals surface area (Å²) in [5.41, 5.74) is 2.04. The van der Waals surface area contributed by atoms with Gasteiger partial charge in [0.2, 0.25) is 11.8 Å². The summed E-state index contributed by atoms with van der Waals surface area (Å²) in [6.07, 6.45) is 1.67. The van der Waals surface area contributed by atoms with Gasteiger partial charge in [0.15, 0.2) is 0 Å². The van der Waals surface area contributed by atoms with Gasteiger partial charge in [0.25, 0.3) is 4.84 Å². The van der Waals surface area contributed by atoms with E-state index in [1.807, 2.05) is 36.4 Å². The maximum Gasteiger partial charge on any atom is 0.289 e. The summed E-state index contributed by atoms with van der Waals surface area (Å²) in [7, 11) is 0. The fraction of sp³-hybridized carbons (Fsp3) is 0.0526. The summed E-state index contributed by atoms with van der Waals surface area (Å²) < 4.78 is 20.7. The maximum absolute atomic E-state index is 13.9. The van der Waals surface area contributed by atoms with Crippen molar-refractivity contribution < 1.29 is 8.81 Å². The molecule has 0 bridgehead atoms. The van der Waals surface area contributed by atoms with Gasteiger partial charge in [-0.2, -0.15) is 0 Å². The van der Waals surface area contributed by atoms with Gasteiger partial charge in [-0.1, -0.05) is 42.5 Å². The van der Waals surface area contributed by atoms with Crippen LogP contribution in [0.15, 0.2) is 71.3 Å². The van der Waals surface area contributed by atoms with Crippen molar-refractivity contribution in [2.24, 2.45) is 0 Å². The van der Waals surface area contributed by atoms with E-state index >= 15 is 0 Å². The van der Waals surface area contributed by atoms with Gasteiger partial charge in [-0.05, 0) is 30.4 Å². The third-order valence-electron chi connectivity index (χ3n) is 3.82. The highest BCUT2D eigenvalue weighted by Gasteiger charge is 2.12. The van der Waals surface area contributed by atoms with E-state index in [2.05, 4.69) is 20.4 Å². The number of hydrogen-bond acceptors (Lipinski definition) is 6. The zero-order valence-corrected chi connectivity index (χ0v) is 14.9. The zero-order valence-electron chi connectivity index (χ0n) is 14.0. The third-order valence-corrected chi connectivity index (χ3v) is 4.12. The van der Waals surface area contributed by atoms with Gasteiger partial charge in [-0.15, -0.1) is 5.10 Å². The highest BCUT2D eigenvalue weighted by atomic mass is 32.1. The lowest BCUT2D eigenvalue weighted by Gasteiger charge is -2.06. The monoisotopic (exact) mass is 379 g/mol. The molecule has 0 saturated heterocycles. The van der Waals surface area contributed by atoms with Crippen LogP contribution in [0.25, 0.3) is 22.7 Å². The van der Waals surface area contributed by atoms with Crippen LogP contribution < -0.4 is 5.32 Å². The third kappa shape index (κ3) is 3.75. The second kappa shape index (κ2) is 7.46. The fourth-order valence-electron chi connectivity index (χ4n) is 2.51. The Morgan fingerprint density at radius 2 is 1.81 bits per heavy atom. The number of nitrogens with one attached hydrogen (secondary N) is 1. The SMILES string of the molecule is Fc1ccccc1-c1nn(CNc2nccc(-c3ccccc3)n2)c(=S)o1. The molecule has 0 amide bonds. The summed E-state index contributed by atoms with van der Waals surface area (Å²) in [6.45, 7) is 0.190. The highest BCUT2D eigenvalue weighted by molar-refractivity contribution is 7.71. The summed E-state index contributed by atoms with van der Waals surface area (Å²) in [6, 6.07) is 17.9. The number of rotatable bonds is 5. The van der Waals surface area contributed by atoms with Crippen molar-refractivity contribution in [3.63, 3.8) is 0 Å². The van der Waals surface area contributed by atoms with Gasteiger partial charge >= 0.3 is 0 Å². The molecule has 0 fully saturated rings. The van der Waals surface area contributed by atoms with E-state index in [0.29, 0.717) is 5.95 Å². The van der Waals surface area contributed by atoms with Crippen LogP contribution in [0, 0.1) is 10.7 Å². The number of halogens is 1. The summed E-state index contributed by atoms with van der Waals surface area (Å²) in [4.78, 5) is 8.80. The van der Waals surface area contributed by atoms with Crippen LogP contribution in [0.5, 0.6) is 0 Å². The molecule has 4 rings (SSSR count). The van der Waals surface area contributed by atoms with Gasteiger partial charge in [0, 0.05) is 11.8 Å². The van der Waals surface area contributed by atoms with E-state index in [1.165, 1.54) is 10.7 Å². The summed E-state index contributed by atoms with van der Waals surface area (Å²) >= 11 is 5.16. The molecule has 0 saturated carbocycles. The molecule has 6 nitrogen and oxygen atoms in total. The van der Waals surface area contributed by atoms with E-state index in [1.54, 1.807) is 24.4 Å². The molecule has 0 atom stereocenters. The van der Waals surface area contributed by atoms with Crippen molar-refractivity contribution in [1.29, 1.82) is 0 Å². The number of benzene rings is 2. The predicted octanol–water partition coefficient (Wildman–Crippen LogP) is 4.54. The van der Waals surface area contributed by atoms with Crippen molar-refractivity contribution >= 4 is 18.2 Å². The van der Waals surface area contributed by atoms with Gasteiger partial charge in [0.05, 0.1) is 11.3 Å². The van der Waals surface area contributed by atoms with Crippen LogP contribution in [0.4, 0.5) is 10.3 Å². The van der Waals surface area contributed by atoms with Crippen molar-refractivity contribution in [3.05, 3.63) is 77.5 Å². The zero-order chi connectivity index (χ0) is 18.6. The minimum Gasteiger partial charge on any atom is -0.409 e. The van der Waals surface area contributed by atoms with Crippen molar-refractivity contribution in [2.75, 3.05) is 5.32 Å². The van der Waals surface area contributed by atoms with Crippen LogP contribution in [-0.4, -0.2) is 19.7 Å². The Bertz CT molecular complexity index is 1130. The molecule has 0 spiro atoms. The molecule has 0 radical (unpaired) electrons. The second-order valence-electron chi connectivity index (χ2n) is 5.62. The molecule has 0 aliphatic rings. The lowest BCUT2D eigenvalue weighted by atomic mass is 10.1. The Morgan fingerprint density at radius 1 is 1.04 bits per heavy atom. The standard InChI is InChI=1S/C19H14FN5OS/c20-15-9-5-4-8-14(15)17-24-25(19(27)26-17)12-22-18-21-11-10-16(23-18)13-6-2-1-3-7-13/h1-11H,12H2,(H,21,22,23). The van der Waals surface area contributed by atoms with Crippen molar-refractivity contribution in [3.8, 4) is 22.7 Å². The first-order valence-corrected chi connectivity index (χ1v) is 8.57. The Kier molecular flexibility index (Phi) is 4.71. The second-order valence-corrected chi connectivity index (χ2v) is 5.97. The quantitative estimate of drug-likeness (QED) is 0.514. The van der Waals surface area contributed by atoms with E-state index < -0.39 is 5.82 Å². The predicted molar refractivity (Wildman–Crippen MR) is 102 cm³/mol. The van der Waals surface area contributed by atoms with Crippen LogP contribution in [0.1, 0.15) is 0 Å². The van der Waals surface area contributed by atoms with Crippen LogP contribution in [-0.2, 0) is 6.67 Å². The average molecular weight is 379 g/mol. The molecule has 27 heavy (non-hydrogen) atoms. The van der Waals surface area contributed by atoms with E-state index in [-0.39, 0.29) is 23.0 Å². The Balaban J connectivity index is 1.53. The maximum atomic E-state index is 13.9. The minimum atomic E-state index is -0.423. The van der Waals surface area contributed by atoms with Gasteiger partial charge < -0.3 is 9.73 Å². The van der Waals surface area contributed by atoms with Crippen LogP contribution in [0.3, 0.4) is 0 Å². The molecule has 0 aliphatic heterocycles. The van der Waals surface area contributed by atoms with Gasteiger partial charge in [-0.3, -0.25) is 0 Å². The molecule has 4 aromatic rings. The minimum absolute atomic E-state index is 0.124. The number of hydrogen-bond donors (Lipinski definition) is 1. The van der Waals surface area contributed by atoms with E-state index in [4.69, 9.17) is 16.6 Å². The Labute approximate surface area is 159 Å². The van der Waals surface area contributed by atoms with Crippen molar-refractivity contribution in [1.82, 2.24) is 19.7 Å². The van der Waals surface area contributed by atoms with Crippen LogP contribution in [0.2, 0.25) is 0 Å². The van der Waals surface area contributed by atoms with Crippen LogP contribution >= 0.6 is 12.2 Å². The highest BCUT2D eigenvalue weighted by Crippen LogP contribution is 2.21. The smallest absolute Gasteiger partial charge is 0.289 e. The molecule has 2 heterocycles. The number of aromatic nitrogens is 4. The van der Waals surface area contributed by atoms with E-state index in [0.717, 1.165) is 11.3 Å². The molecule has 0 aliphatic carbocycles. The van der Waals surface area contributed by atoms with E-state index in [9.17, 15) is 4.39 Å². The average Bonchev–Trinajstić information content (AvgIpc) is 3.08. The first kappa shape index (κ1) is 17.0.